The minimum Gasteiger partial charge on any atom is -0.338 e. The topological polar surface area (TPSA) is 69.6 Å². The SMILES string of the molecule is Cl.O=C1C2C3CCC(C4CCC43)C2C(=O)N1CCCCN1CCN(c2ncccn2)CC1. The van der Waals surface area contributed by atoms with E-state index in [9.17, 15) is 9.59 Å². The zero-order valence-electron chi connectivity index (χ0n) is 18.6. The van der Waals surface area contributed by atoms with E-state index >= 15 is 0 Å². The minimum absolute atomic E-state index is 0. The van der Waals surface area contributed by atoms with Crippen LogP contribution in [0.3, 0.4) is 0 Å². The summed E-state index contributed by atoms with van der Waals surface area (Å²) in [4.78, 5) is 41.4. The average molecular weight is 460 g/mol. The van der Waals surface area contributed by atoms with E-state index in [1.54, 1.807) is 17.3 Å². The van der Waals surface area contributed by atoms with Crippen molar-refractivity contribution in [2.24, 2.45) is 35.5 Å². The molecule has 0 N–H and O–H groups in total. The molecule has 2 aliphatic heterocycles. The largest absolute Gasteiger partial charge is 0.338 e. The Hall–Kier alpha value is -1.73. The third kappa shape index (κ3) is 3.52. The first-order valence-corrected chi connectivity index (χ1v) is 12.3. The molecule has 0 aromatic carbocycles. The highest BCUT2D eigenvalue weighted by molar-refractivity contribution is 6.05. The number of nitrogens with zero attached hydrogens (tertiary/aromatic N) is 5. The molecule has 1 aromatic rings. The molecule has 8 heteroatoms. The maximum absolute atomic E-state index is 13.2. The fraction of sp³-hybridized carbons (Fsp3) is 0.750. The third-order valence-electron chi connectivity index (χ3n) is 9.04. The van der Waals surface area contributed by atoms with Gasteiger partial charge in [0.1, 0.15) is 0 Å². The number of amides is 2. The van der Waals surface area contributed by atoms with Gasteiger partial charge < -0.3 is 4.90 Å². The van der Waals surface area contributed by atoms with Gasteiger partial charge >= 0.3 is 0 Å². The van der Waals surface area contributed by atoms with E-state index in [2.05, 4.69) is 19.8 Å². The van der Waals surface area contributed by atoms with Crippen LogP contribution in [-0.4, -0.2) is 70.9 Å². The number of hydrogen-bond donors (Lipinski definition) is 0. The molecule has 1 aromatic heterocycles. The lowest BCUT2D eigenvalue weighted by Crippen LogP contribution is -2.55. The van der Waals surface area contributed by atoms with Gasteiger partial charge in [0.25, 0.3) is 0 Å². The molecular formula is C24H34ClN5O2. The van der Waals surface area contributed by atoms with Crippen LogP contribution >= 0.6 is 12.4 Å². The second-order valence-electron chi connectivity index (χ2n) is 10.3. The average Bonchev–Trinajstić information content (AvgIpc) is 3.04. The van der Waals surface area contributed by atoms with Gasteiger partial charge in [0.15, 0.2) is 0 Å². The number of halogens is 1. The second-order valence-corrected chi connectivity index (χ2v) is 10.3. The highest BCUT2D eigenvalue weighted by Gasteiger charge is 2.65. The van der Waals surface area contributed by atoms with E-state index in [4.69, 9.17) is 0 Å². The van der Waals surface area contributed by atoms with Gasteiger partial charge in [-0.15, -0.1) is 12.4 Å². The van der Waals surface area contributed by atoms with E-state index in [0.717, 1.165) is 63.3 Å². The van der Waals surface area contributed by atoms with E-state index < -0.39 is 0 Å². The highest BCUT2D eigenvalue weighted by Crippen LogP contribution is 2.64. The Morgan fingerprint density at radius 2 is 1.28 bits per heavy atom. The van der Waals surface area contributed by atoms with Gasteiger partial charge in [0.05, 0.1) is 11.8 Å². The molecule has 2 amide bonds. The van der Waals surface area contributed by atoms with Crippen molar-refractivity contribution < 1.29 is 9.59 Å². The molecule has 32 heavy (non-hydrogen) atoms. The molecule has 3 heterocycles. The van der Waals surface area contributed by atoms with Gasteiger partial charge in [0, 0.05) is 45.1 Å². The van der Waals surface area contributed by atoms with Gasteiger partial charge in [-0.05, 0) is 74.8 Å². The zero-order chi connectivity index (χ0) is 20.9. The normalized spacial score (nSPS) is 35.9. The molecule has 7 nitrogen and oxygen atoms in total. The van der Waals surface area contributed by atoms with Crippen LogP contribution in [0.4, 0.5) is 5.95 Å². The van der Waals surface area contributed by atoms with Crippen molar-refractivity contribution in [1.29, 1.82) is 0 Å². The van der Waals surface area contributed by atoms with Crippen molar-refractivity contribution in [2.75, 3.05) is 44.2 Å². The van der Waals surface area contributed by atoms with Gasteiger partial charge in [-0.3, -0.25) is 19.4 Å². The molecule has 4 saturated carbocycles. The van der Waals surface area contributed by atoms with Crippen molar-refractivity contribution >= 4 is 30.2 Å². The number of carbonyl (C=O) groups excluding carboxylic acids is 2. The number of fused-ring (bicyclic) bond motifs is 1. The first-order chi connectivity index (χ1) is 15.2. The molecule has 2 saturated heterocycles. The number of hydrogen-bond acceptors (Lipinski definition) is 6. The molecule has 7 rings (SSSR count). The first kappa shape index (κ1) is 22.1. The minimum atomic E-state index is 0. The number of aromatic nitrogens is 2. The molecule has 6 atom stereocenters. The van der Waals surface area contributed by atoms with Crippen molar-refractivity contribution in [1.82, 2.24) is 19.8 Å². The maximum atomic E-state index is 13.2. The Labute approximate surface area is 196 Å². The lowest BCUT2D eigenvalue weighted by Gasteiger charge is -2.58. The Balaban J connectivity index is 0.00000216. The van der Waals surface area contributed by atoms with Crippen LogP contribution < -0.4 is 4.90 Å². The lowest BCUT2D eigenvalue weighted by molar-refractivity contribution is -0.151. The van der Waals surface area contributed by atoms with Gasteiger partial charge in [-0.1, -0.05) is 0 Å². The standard InChI is InChI=1S/C24H33N5O2.ClH/c30-22-20-18-6-7-19(17-5-4-16(17)18)21(20)23(31)29(22)11-2-1-10-27-12-14-28(15-13-27)24-25-8-3-9-26-24;/h3,8-9,16-21H,1-2,4-7,10-15H2;1H. The summed E-state index contributed by atoms with van der Waals surface area (Å²) in [5.74, 6) is 3.71. The molecule has 6 aliphatic rings. The number of unbranched alkanes of at least 4 members (excludes halogenated alkanes) is 1. The van der Waals surface area contributed by atoms with E-state index in [1.165, 1.54) is 25.7 Å². The summed E-state index contributed by atoms with van der Waals surface area (Å²) < 4.78 is 0. The van der Waals surface area contributed by atoms with Gasteiger partial charge in [0.2, 0.25) is 17.8 Å². The van der Waals surface area contributed by atoms with Gasteiger partial charge in [-0.25, -0.2) is 9.97 Å². The Bertz CT molecular complexity index is 810. The number of likely N-dealkylation sites (tertiary alicyclic amines) is 1. The van der Waals surface area contributed by atoms with Crippen molar-refractivity contribution in [3.05, 3.63) is 18.5 Å². The monoisotopic (exact) mass is 459 g/mol. The summed E-state index contributed by atoms with van der Waals surface area (Å²) in [5.41, 5.74) is 0. The van der Waals surface area contributed by atoms with E-state index in [1.807, 2.05) is 6.07 Å². The Kier molecular flexibility index (Phi) is 6.14. The Morgan fingerprint density at radius 3 is 1.84 bits per heavy atom. The van der Waals surface area contributed by atoms with E-state index in [0.29, 0.717) is 18.4 Å². The first-order valence-electron chi connectivity index (χ1n) is 12.3. The summed E-state index contributed by atoms with van der Waals surface area (Å²) in [7, 11) is 0. The quantitative estimate of drug-likeness (QED) is 0.481. The number of rotatable bonds is 6. The van der Waals surface area contributed by atoms with Crippen LogP contribution in [0.5, 0.6) is 0 Å². The fourth-order valence-corrected chi connectivity index (χ4v) is 7.45. The maximum Gasteiger partial charge on any atom is 0.233 e. The van der Waals surface area contributed by atoms with Crippen LogP contribution in [0, 0.1) is 35.5 Å². The molecule has 6 fully saturated rings. The summed E-state index contributed by atoms with van der Waals surface area (Å²) in [6.07, 6.45) is 10.5. The molecule has 2 bridgehead atoms. The zero-order valence-corrected chi connectivity index (χ0v) is 19.5. The highest BCUT2D eigenvalue weighted by atomic mass is 35.5. The van der Waals surface area contributed by atoms with Gasteiger partial charge in [-0.2, -0.15) is 0 Å². The molecule has 4 aliphatic carbocycles. The number of piperazine rings is 1. The predicted octanol–water partition coefficient (Wildman–Crippen LogP) is 2.47. The third-order valence-corrected chi connectivity index (χ3v) is 9.04. The predicted molar refractivity (Wildman–Crippen MR) is 123 cm³/mol. The number of carbonyl (C=O) groups is 2. The number of anilines is 1. The molecule has 6 unspecified atom stereocenters. The smallest absolute Gasteiger partial charge is 0.233 e. The summed E-state index contributed by atoms with van der Waals surface area (Å²) in [6.45, 7) is 5.56. The molecule has 174 valence electrons. The van der Waals surface area contributed by atoms with Crippen molar-refractivity contribution in [3.63, 3.8) is 0 Å². The summed E-state index contributed by atoms with van der Waals surface area (Å²) in [5, 5.41) is 0. The summed E-state index contributed by atoms with van der Waals surface area (Å²) >= 11 is 0. The van der Waals surface area contributed by atoms with Crippen LogP contribution in [0.25, 0.3) is 0 Å². The second kappa shape index (κ2) is 8.90. The van der Waals surface area contributed by atoms with Crippen LogP contribution in [0.2, 0.25) is 0 Å². The van der Waals surface area contributed by atoms with Crippen molar-refractivity contribution in [3.8, 4) is 0 Å². The van der Waals surface area contributed by atoms with E-state index in [-0.39, 0.29) is 36.1 Å². The Morgan fingerprint density at radius 1 is 0.750 bits per heavy atom. The van der Waals surface area contributed by atoms with Crippen molar-refractivity contribution in [2.45, 2.75) is 38.5 Å². The molecule has 0 radical (unpaired) electrons. The summed E-state index contributed by atoms with van der Waals surface area (Å²) in [6, 6.07) is 1.85. The van der Waals surface area contributed by atoms with Crippen LogP contribution in [0.15, 0.2) is 18.5 Å². The molecular weight excluding hydrogens is 426 g/mol. The fourth-order valence-electron chi connectivity index (χ4n) is 7.45. The van der Waals surface area contributed by atoms with Crippen LogP contribution in [0.1, 0.15) is 38.5 Å². The number of imide groups is 1. The van der Waals surface area contributed by atoms with Crippen LogP contribution in [-0.2, 0) is 9.59 Å². The molecule has 0 spiro atoms. The lowest BCUT2D eigenvalue weighted by atomic mass is 9.44.